The second-order valence-corrected chi connectivity index (χ2v) is 5.53. The molecular formula is C16H20N2O. The molecule has 1 aliphatic carbocycles. The Labute approximate surface area is 113 Å². The van der Waals surface area contributed by atoms with Crippen LogP contribution in [-0.2, 0) is 6.54 Å². The lowest BCUT2D eigenvalue weighted by molar-refractivity contribution is 0.416. The van der Waals surface area contributed by atoms with Crippen molar-refractivity contribution in [1.29, 1.82) is 0 Å². The summed E-state index contributed by atoms with van der Waals surface area (Å²) in [5.41, 5.74) is 7.22. The fourth-order valence-corrected chi connectivity index (χ4v) is 3.19. The average Bonchev–Trinajstić information content (AvgIpc) is 2.83. The van der Waals surface area contributed by atoms with E-state index in [1.807, 2.05) is 34.9 Å². The van der Waals surface area contributed by atoms with Crippen LogP contribution in [0.2, 0.25) is 0 Å². The van der Waals surface area contributed by atoms with Crippen molar-refractivity contribution in [3.63, 3.8) is 0 Å². The van der Waals surface area contributed by atoms with Gasteiger partial charge in [0.15, 0.2) is 0 Å². The predicted octanol–water partition coefficient (Wildman–Crippen LogP) is 2.52. The molecule has 1 aromatic carbocycles. The Morgan fingerprint density at radius 3 is 2.79 bits per heavy atom. The van der Waals surface area contributed by atoms with Crippen LogP contribution in [-0.4, -0.2) is 10.6 Å². The second-order valence-electron chi connectivity index (χ2n) is 5.53. The fourth-order valence-electron chi connectivity index (χ4n) is 3.19. The number of hydrogen-bond donors (Lipinski definition) is 1. The van der Waals surface area contributed by atoms with E-state index in [0.717, 1.165) is 30.3 Å². The van der Waals surface area contributed by atoms with E-state index < -0.39 is 0 Å². The van der Waals surface area contributed by atoms with E-state index in [4.69, 9.17) is 5.73 Å². The monoisotopic (exact) mass is 256 g/mol. The van der Waals surface area contributed by atoms with E-state index in [2.05, 4.69) is 0 Å². The largest absolute Gasteiger partial charge is 0.327 e. The van der Waals surface area contributed by atoms with Crippen LogP contribution in [0.15, 0.2) is 41.2 Å². The van der Waals surface area contributed by atoms with E-state index in [1.165, 1.54) is 12.8 Å². The smallest absolute Gasteiger partial charge is 0.251 e. The first kappa shape index (κ1) is 12.4. The fraction of sp³-hybridized carbons (Fsp3) is 0.438. The zero-order valence-electron chi connectivity index (χ0n) is 11.1. The number of pyridine rings is 1. The van der Waals surface area contributed by atoms with Gasteiger partial charge in [-0.1, -0.05) is 24.6 Å². The van der Waals surface area contributed by atoms with Crippen molar-refractivity contribution in [2.75, 3.05) is 0 Å². The van der Waals surface area contributed by atoms with Gasteiger partial charge >= 0.3 is 0 Å². The molecule has 0 spiro atoms. The second kappa shape index (κ2) is 5.17. The van der Waals surface area contributed by atoms with Crippen LogP contribution in [0.4, 0.5) is 0 Å². The maximum Gasteiger partial charge on any atom is 0.251 e. The zero-order chi connectivity index (χ0) is 13.2. The molecule has 19 heavy (non-hydrogen) atoms. The van der Waals surface area contributed by atoms with Crippen LogP contribution in [0.5, 0.6) is 0 Å². The van der Waals surface area contributed by atoms with E-state index in [-0.39, 0.29) is 5.56 Å². The number of aryl methyl sites for hydroxylation is 1. The first-order chi connectivity index (χ1) is 9.25. The molecule has 0 bridgehead atoms. The van der Waals surface area contributed by atoms with Gasteiger partial charge in [0.05, 0.1) is 5.52 Å². The van der Waals surface area contributed by atoms with E-state index in [9.17, 15) is 4.79 Å². The Morgan fingerprint density at radius 1 is 1.16 bits per heavy atom. The van der Waals surface area contributed by atoms with Crippen molar-refractivity contribution in [2.24, 2.45) is 11.7 Å². The molecular weight excluding hydrogens is 236 g/mol. The van der Waals surface area contributed by atoms with Gasteiger partial charge in [0.25, 0.3) is 5.56 Å². The van der Waals surface area contributed by atoms with Crippen molar-refractivity contribution in [1.82, 2.24) is 4.57 Å². The van der Waals surface area contributed by atoms with Gasteiger partial charge in [0, 0.05) is 18.7 Å². The van der Waals surface area contributed by atoms with Gasteiger partial charge in [-0.3, -0.25) is 4.79 Å². The molecule has 3 rings (SSSR count). The molecule has 2 atom stereocenters. The third-order valence-electron chi connectivity index (χ3n) is 4.34. The molecule has 0 amide bonds. The Kier molecular flexibility index (Phi) is 3.38. The van der Waals surface area contributed by atoms with Gasteiger partial charge < -0.3 is 10.3 Å². The number of aromatic nitrogens is 1. The van der Waals surface area contributed by atoms with Gasteiger partial charge in [0.2, 0.25) is 0 Å². The third kappa shape index (κ3) is 2.43. The molecule has 2 N–H and O–H groups in total. The summed E-state index contributed by atoms with van der Waals surface area (Å²) in [6.07, 6.45) is 4.58. The normalized spacial score (nSPS) is 23.0. The molecule has 1 saturated carbocycles. The molecule has 1 aliphatic rings. The number of benzene rings is 1. The average molecular weight is 256 g/mol. The van der Waals surface area contributed by atoms with Crippen molar-refractivity contribution >= 4 is 10.9 Å². The topological polar surface area (TPSA) is 48.0 Å². The van der Waals surface area contributed by atoms with Crippen LogP contribution < -0.4 is 11.3 Å². The minimum absolute atomic E-state index is 0.0882. The molecule has 0 radical (unpaired) electrons. The lowest BCUT2D eigenvalue weighted by Crippen LogP contribution is -2.27. The standard InChI is InChI=1S/C16H20N2O/c17-14-6-3-5-12(14)10-11-18-15-7-2-1-4-13(15)8-9-16(18)19/h1-2,4,7-9,12,14H,3,5-6,10-11,17H2. The van der Waals surface area contributed by atoms with Crippen LogP contribution in [0.25, 0.3) is 10.9 Å². The predicted molar refractivity (Wildman–Crippen MR) is 78.1 cm³/mol. The molecule has 3 heteroatoms. The minimum atomic E-state index is 0.0882. The van der Waals surface area contributed by atoms with Gasteiger partial charge in [-0.25, -0.2) is 0 Å². The molecule has 0 aliphatic heterocycles. The van der Waals surface area contributed by atoms with Crippen LogP contribution in [0.1, 0.15) is 25.7 Å². The van der Waals surface area contributed by atoms with Crippen LogP contribution >= 0.6 is 0 Å². The van der Waals surface area contributed by atoms with Gasteiger partial charge in [0.1, 0.15) is 0 Å². The zero-order valence-corrected chi connectivity index (χ0v) is 11.1. The summed E-state index contributed by atoms with van der Waals surface area (Å²) in [5, 5.41) is 1.12. The molecule has 100 valence electrons. The van der Waals surface area contributed by atoms with Crippen molar-refractivity contribution in [3.8, 4) is 0 Å². The highest BCUT2D eigenvalue weighted by molar-refractivity contribution is 5.78. The highest BCUT2D eigenvalue weighted by Gasteiger charge is 2.23. The number of para-hydroxylation sites is 1. The lowest BCUT2D eigenvalue weighted by Gasteiger charge is -2.17. The molecule has 1 heterocycles. The summed E-state index contributed by atoms with van der Waals surface area (Å²) < 4.78 is 1.89. The Morgan fingerprint density at radius 2 is 2.00 bits per heavy atom. The molecule has 2 aromatic rings. The SMILES string of the molecule is NC1CCCC1CCn1c(=O)ccc2ccccc21. The number of nitrogens with two attached hydrogens (primary N) is 1. The molecule has 0 saturated heterocycles. The summed E-state index contributed by atoms with van der Waals surface area (Å²) in [6, 6.07) is 11.9. The summed E-state index contributed by atoms with van der Waals surface area (Å²) in [7, 11) is 0. The summed E-state index contributed by atoms with van der Waals surface area (Å²) in [6.45, 7) is 0.776. The summed E-state index contributed by atoms with van der Waals surface area (Å²) >= 11 is 0. The number of hydrogen-bond acceptors (Lipinski definition) is 2. The van der Waals surface area contributed by atoms with Gasteiger partial charge in [-0.15, -0.1) is 0 Å². The van der Waals surface area contributed by atoms with E-state index in [0.29, 0.717) is 12.0 Å². The molecule has 3 nitrogen and oxygen atoms in total. The molecule has 1 fully saturated rings. The number of fused-ring (bicyclic) bond motifs is 1. The maximum atomic E-state index is 12.1. The maximum absolute atomic E-state index is 12.1. The Balaban J connectivity index is 1.87. The van der Waals surface area contributed by atoms with Crippen LogP contribution in [0, 0.1) is 5.92 Å². The van der Waals surface area contributed by atoms with Crippen LogP contribution in [0.3, 0.4) is 0 Å². The quantitative estimate of drug-likeness (QED) is 0.917. The van der Waals surface area contributed by atoms with Crippen molar-refractivity contribution in [2.45, 2.75) is 38.3 Å². The van der Waals surface area contributed by atoms with Crippen molar-refractivity contribution in [3.05, 3.63) is 46.8 Å². The Hall–Kier alpha value is -1.61. The van der Waals surface area contributed by atoms with Gasteiger partial charge in [-0.05, 0) is 42.7 Å². The summed E-state index contributed by atoms with van der Waals surface area (Å²) in [4.78, 5) is 12.1. The minimum Gasteiger partial charge on any atom is -0.327 e. The Bertz CT molecular complexity index is 632. The molecule has 2 unspecified atom stereocenters. The number of rotatable bonds is 3. The highest BCUT2D eigenvalue weighted by Crippen LogP contribution is 2.27. The van der Waals surface area contributed by atoms with Gasteiger partial charge in [-0.2, -0.15) is 0 Å². The molecule has 1 aromatic heterocycles. The highest BCUT2D eigenvalue weighted by atomic mass is 16.1. The van der Waals surface area contributed by atoms with Crippen molar-refractivity contribution < 1.29 is 0 Å². The summed E-state index contributed by atoms with van der Waals surface area (Å²) in [5.74, 6) is 0.575. The lowest BCUT2D eigenvalue weighted by atomic mass is 10.0. The third-order valence-corrected chi connectivity index (χ3v) is 4.34. The van der Waals surface area contributed by atoms with E-state index >= 15 is 0 Å². The number of nitrogens with zero attached hydrogens (tertiary/aromatic N) is 1. The first-order valence-corrected chi connectivity index (χ1v) is 7.10. The van der Waals surface area contributed by atoms with E-state index in [1.54, 1.807) is 6.07 Å². The first-order valence-electron chi connectivity index (χ1n) is 7.10.